The Morgan fingerprint density at radius 3 is 1.37 bits per heavy atom. The van der Waals surface area contributed by atoms with Crippen molar-refractivity contribution in [3.63, 3.8) is 0 Å². The van der Waals surface area contributed by atoms with Crippen molar-refractivity contribution >= 4 is 88.8 Å². The highest BCUT2D eigenvalue weighted by Gasteiger charge is 2.44. The number of nitrogens with zero attached hydrogens (tertiary/aromatic N) is 2. The second-order valence-corrected chi connectivity index (χ2v) is 29.2. The third-order valence-corrected chi connectivity index (χ3v) is 19.1. The van der Waals surface area contributed by atoms with Gasteiger partial charge in [0.2, 0.25) is 70.9 Å². The van der Waals surface area contributed by atoms with E-state index in [1.807, 2.05) is 0 Å². The van der Waals surface area contributed by atoms with Gasteiger partial charge in [0.05, 0.1) is 36.4 Å². The Morgan fingerprint density at radius 1 is 0.517 bits per heavy atom. The van der Waals surface area contributed by atoms with E-state index < -0.39 is 204 Å². The van der Waals surface area contributed by atoms with Gasteiger partial charge in [0.1, 0.15) is 89.8 Å². The summed E-state index contributed by atoms with van der Waals surface area (Å²) < 4.78 is 0. The largest absolute Gasteiger partial charge is 0.508 e. The Kier molecular flexibility index (Phi) is 37.3. The number of aliphatic hydroxyl groups excluding tert-OH is 3. The minimum Gasteiger partial charge on any atom is -0.508 e. The first-order valence-corrected chi connectivity index (χ1v) is 37.9. The Labute approximate surface area is 668 Å². The lowest BCUT2D eigenvalue weighted by atomic mass is 9.96. The number of carboxylic acid groups (broad SMARTS) is 2. The summed E-state index contributed by atoms with van der Waals surface area (Å²) in [5.74, 6) is -16.9. The van der Waals surface area contributed by atoms with Gasteiger partial charge in [0.15, 0.2) is 5.96 Å². The number of phenolic OH excluding ortho intramolecular Hbond substituents is 3. The predicted molar refractivity (Wildman–Crippen MR) is 415 cm³/mol. The number of aromatic hydroxyl groups is 3. The summed E-state index contributed by atoms with van der Waals surface area (Å²) in [5, 5.41) is 120. The summed E-state index contributed by atoms with van der Waals surface area (Å²) in [6, 6.07) is -4.08. The van der Waals surface area contributed by atoms with Crippen LogP contribution in [-0.4, -0.2) is 254 Å². The molecular weight excluding hydrogens is 1520 g/mol. The number of carbonyl (C=O) groups is 14. The molecule has 40 heteroatoms. The molecule has 1 fully saturated rings. The molecule has 0 unspecified atom stereocenters. The number of aromatic nitrogens is 2. The standard InChI is InChI=1S/C76H110N18O22/c1-9-38(4)59(74(114)94-29-11-13-57(94)70(110)88-56(34-46-35-80-36-82-46)69(109)85-52(26-27-58(101)102)64(104)87-54(32-44-16-22-48(99)23-17-44)68(108)86-53(30-37(2)3)66(106)83-39(5)75(115)116)90-72(112)62(42(8)97)93-73(113)61(41(7)96)92-65(105)51(12-10-28-81-76(78)79)84-67(107)55(33-45-18-24-49(100)25-19-45)89-71(111)60(40(6)95)91-63(103)50(77)31-43-14-20-47(98)21-15-43/h14-25,35-42,50-57,59-62,95-100H,9-13,26-34,77H2,1-8H3,(H,80,82)(H,83,106)(H,84,107)(H,85,109)(H,86,108)(H,87,104)(H,88,110)(H,89,111)(H,90,112)(H,91,103)(H,92,105)(H,93,113)(H,101,102)(H,115,116)(H4,78,79,81)/t38-,39-,40+,41+,42+,50-,51-,52-,53-,54-,55-,56-,57-,59-,60-,61-,62-/m0/s1. The SMILES string of the molecule is CC[C@H](C)[C@H](NC(=O)[C@@H](NC(=O)[C@@H](NC(=O)[C@H](CCCNC(=N)N)NC(=O)[C@H](Cc1ccc(O)cc1)NC(=O)[C@@H](NC(=O)[C@@H](N)Cc1ccc(O)cc1)[C@@H](C)O)[C@@H](C)O)[C@@H](C)O)C(=O)N1CCC[C@H]1C(=O)N[C@@H](Cc1c[nH]cn1)C(=O)N[C@@H](CCC(=O)O)C(=O)N[C@@H](Cc1ccc(O)cc1)C(=O)N[C@@H](CC(C)C)C(=O)N[C@@H](C)C(=O)O. The highest BCUT2D eigenvalue weighted by molar-refractivity contribution is 6.00. The zero-order chi connectivity index (χ0) is 86.4. The van der Waals surface area contributed by atoms with E-state index in [-0.39, 0.29) is 106 Å². The molecule has 5 rings (SSSR count). The average Bonchev–Trinajstić information content (AvgIpc) is 1.68. The Hall–Kier alpha value is -12.0. The Balaban J connectivity index is 1.36. The molecule has 1 aliphatic heterocycles. The molecule has 3 aromatic carbocycles. The summed E-state index contributed by atoms with van der Waals surface area (Å²) in [6.45, 7) is 11.2. The second-order valence-electron chi connectivity index (χ2n) is 29.2. The molecule has 116 heavy (non-hydrogen) atoms. The number of carboxylic acids is 2. The number of benzene rings is 3. The number of imidazole rings is 1. The predicted octanol–water partition coefficient (Wildman–Crippen LogP) is -4.08. The number of aromatic amines is 1. The zero-order valence-corrected chi connectivity index (χ0v) is 65.7. The quantitative estimate of drug-likeness (QED) is 0.0114. The van der Waals surface area contributed by atoms with Gasteiger partial charge < -0.3 is 126 Å². The molecule has 0 radical (unpaired) electrons. The maximum absolute atomic E-state index is 15.0. The van der Waals surface area contributed by atoms with Crippen LogP contribution in [0.2, 0.25) is 0 Å². The van der Waals surface area contributed by atoms with Crippen LogP contribution in [0.1, 0.15) is 129 Å². The highest BCUT2D eigenvalue weighted by Crippen LogP contribution is 2.24. The van der Waals surface area contributed by atoms with Crippen LogP contribution in [0.4, 0.5) is 0 Å². The smallest absolute Gasteiger partial charge is 0.325 e. The van der Waals surface area contributed by atoms with Crippen LogP contribution in [0.25, 0.3) is 0 Å². The first-order chi connectivity index (χ1) is 54.7. The normalized spacial score (nSPS) is 16.7. The van der Waals surface area contributed by atoms with Gasteiger partial charge in [0.25, 0.3) is 0 Å². The number of amides is 12. The van der Waals surface area contributed by atoms with Crippen LogP contribution in [0.15, 0.2) is 85.3 Å². The minimum atomic E-state index is -1.99. The lowest BCUT2D eigenvalue weighted by molar-refractivity contribution is -0.144. The summed E-state index contributed by atoms with van der Waals surface area (Å²) in [4.78, 5) is 204. The van der Waals surface area contributed by atoms with E-state index in [1.54, 1.807) is 27.7 Å². The number of phenols is 3. The number of nitrogens with one attached hydrogen (secondary N) is 14. The van der Waals surface area contributed by atoms with Crippen LogP contribution in [0.5, 0.6) is 17.2 Å². The molecule has 17 atom stereocenters. The number of nitrogens with two attached hydrogens (primary N) is 2. The summed E-state index contributed by atoms with van der Waals surface area (Å²) >= 11 is 0. The van der Waals surface area contributed by atoms with Crippen molar-refractivity contribution in [1.29, 1.82) is 5.41 Å². The number of rotatable bonds is 46. The molecule has 0 spiro atoms. The molecule has 0 aliphatic carbocycles. The number of hydrogen-bond acceptors (Lipinski definition) is 23. The fourth-order valence-electron chi connectivity index (χ4n) is 12.4. The third-order valence-electron chi connectivity index (χ3n) is 19.1. The topological polar surface area (TPSA) is 653 Å². The summed E-state index contributed by atoms with van der Waals surface area (Å²) in [7, 11) is 0. The monoisotopic (exact) mass is 1630 g/mol. The maximum Gasteiger partial charge on any atom is 0.325 e. The molecule has 26 N–H and O–H groups in total. The number of carbonyl (C=O) groups excluding carboxylic acids is 12. The highest BCUT2D eigenvalue weighted by atomic mass is 16.4. The van der Waals surface area contributed by atoms with Crippen molar-refractivity contribution in [2.75, 3.05) is 13.1 Å². The fraction of sp³-hybridized carbons (Fsp3) is 0.526. The van der Waals surface area contributed by atoms with Crippen molar-refractivity contribution in [1.82, 2.24) is 78.7 Å². The van der Waals surface area contributed by atoms with Gasteiger partial charge in [-0.3, -0.25) is 72.5 Å². The van der Waals surface area contributed by atoms with Gasteiger partial charge >= 0.3 is 11.9 Å². The van der Waals surface area contributed by atoms with Gasteiger partial charge in [-0.15, -0.1) is 0 Å². The molecule has 12 amide bonds. The first kappa shape index (κ1) is 94.6. The Bertz CT molecular complexity index is 4020. The molecule has 1 saturated heterocycles. The van der Waals surface area contributed by atoms with E-state index in [0.29, 0.717) is 16.7 Å². The molecule has 636 valence electrons. The number of H-pyrrole nitrogens is 1. The minimum absolute atomic E-state index is 0.00621. The van der Waals surface area contributed by atoms with Crippen LogP contribution in [0.3, 0.4) is 0 Å². The van der Waals surface area contributed by atoms with Crippen LogP contribution in [0, 0.1) is 17.2 Å². The fourth-order valence-corrected chi connectivity index (χ4v) is 12.4. The first-order valence-electron chi connectivity index (χ1n) is 37.9. The lowest BCUT2D eigenvalue weighted by Crippen LogP contribution is -2.64. The van der Waals surface area contributed by atoms with E-state index in [1.165, 1.54) is 99.2 Å². The molecule has 4 aromatic rings. The van der Waals surface area contributed by atoms with E-state index in [0.717, 1.165) is 18.7 Å². The van der Waals surface area contributed by atoms with E-state index in [2.05, 4.69) is 73.8 Å². The molecule has 0 saturated carbocycles. The summed E-state index contributed by atoms with van der Waals surface area (Å²) in [5.41, 5.74) is 13.1. The molecule has 1 aliphatic rings. The van der Waals surface area contributed by atoms with Gasteiger partial charge in [0, 0.05) is 45.0 Å². The van der Waals surface area contributed by atoms with Gasteiger partial charge in [-0.2, -0.15) is 0 Å². The van der Waals surface area contributed by atoms with E-state index in [9.17, 15) is 108 Å². The lowest BCUT2D eigenvalue weighted by Gasteiger charge is -2.33. The van der Waals surface area contributed by atoms with Gasteiger partial charge in [-0.1, -0.05) is 70.5 Å². The number of guanidine groups is 1. The van der Waals surface area contributed by atoms with E-state index in [4.69, 9.17) is 16.9 Å². The van der Waals surface area contributed by atoms with Crippen LogP contribution >= 0.6 is 0 Å². The molecule has 2 heterocycles. The van der Waals surface area contributed by atoms with Crippen LogP contribution in [-0.2, 0) is 92.8 Å². The van der Waals surface area contributed by atoms with Crippen molar-refractivity contribution in [3.8, 4) is 17.2 Å². The number of aliphatic carboxylic acids is 2. The molecule has 1 aromatic heterocycles. The molecule has 0 bridgehead atoms. The van der Waals surface area contributed by atoms with Gasteiger partial charge in [-0.05, 0) is 138 Å². The maximum atomic E-state index is 15.0. The van der Waals surface area contributed by atoms with Crippen molar-refractivity contribution in [3.05, 3.63) is 108 Å². The molecular formula is C76H110N18O22. The van der Waals surface area contributed by atoms with Crippen molar-refractivity contribution in [2.24, 2.45) is 23.3 Å². The van der Waals surface area contributed by atoms with E-state index >= 15 is 0 Å². The number of aliphatic hydroxyl groups is 3. The number of likely N-dealkylation sites (tertiary alicyclic amines) is 1. The van der Waals surface area contributed by atoms with Gasteiger partial charge in [-0.25, -0.2) is 4.98 Å². The van der Waals surface area contributed by atoms with Crippen molar-refractivity contribution in [2.45, 2.75) is 229 Å². The Morgan fingerprint density at radius 2 is 0.922 bits per heavy atom. The summed E-state index contributed by atoms with van der Waals surface area (Å²) in [6.07, 6.45) is -4.83. The van der Waals surface area contributed by atoms with Crippen LogP contribution < -0.4 is 75.3 Å². The second kappa shape index (κ2) is 45.7. The third kappa shape index (κ3) is 30.4. The molecule has 40 nitrogen and oxygen atoms in total. The van der Waals surface area contributed by atoms with Crippen molar-refractivity contribution < 1.29 is 108 Å². The number of hydrogen-bond donors (Lipinski definition) is 24. The zero-order valence-electron chi connectivity index (χ0n) is 65.7. The average molecular weight is 1630 g/mol.